The number of nitrogens with zero attached hydrogens (tertiary/aromatic N) is 2. The van der Waals surface area contributed by atoms with E-state index < -0.39 is 0 Å². The Bertz CT molecular complexity index is 941. The molecular weight excluding hydrogens is 350 g/mol. The zero-order valence-corrected chi connectivity index (χ0v) is 16.1. The molecule has 0 spiro atoms. The number of carbonyl (C=O) groups excluding carboxylic acids is 1. The Balaban J connectivity index is 1.67. The molecule has 0 bridgehead atoms. The van der Waals surface area contributed by atoms with E-state index in [0.717, 1.165) is 34.7 Å². The average molecular weight is 375 g/mol. The third-order valence-corrected chi connectivity index (χ3v) is 4.69. The van der Waals surface area contributed by atoms with E-state index >= 15 is 0 Å². The maximum atomic E-state index is 12.7. The highest BCUT2D eigenvalue weighted by Gasteiger charge is 2.14. The van der Waals surface area contributed by atoms with Gasteiger partial charge in [-0.05, 0) is 48.1 Å². The number of hydrogen-bond acceptors (Lipinski definition) is 4. The highest BCUT2D eigenvalue weighted by Crippen LogP contribution is 2.27. The fourth-order valence-corrected chi connectivity index (χ4v) is 3.22. The van der Waals surface area contributed by atoms with Gasteiger partial charge in [0, 0.05) is 42.6 Å². The van der Waals surface area contributed by atoms with Crippen molar-refractivity contribution in [3.8, 4) is 5.75 Å². The molecule has 5 heteroatoms. The number of aromatic nitrogens is 1. The summed E-state index contributed by atoms with van der Waals surface area (Å²) in [5.41, 5.74) is 2.00. The summed E-state index contributed by atoms with van der Waals surface area (Å²) >= 11 is 0. The van der Waals surface area contributed by atoms with Crippen LogP contribution in [0.5, 0.6) is 5.75 Å². The van der Waals surface area contributed by atoms with E-state index in [2.05, 4.69) is 11.9 Å². The van der Waals surface area contributed by atoms with Crippen LogP contribution in [0.25, 0.3) is 10.8 Å². The normalized spacial score (nSPS) is 10.6. The molecule has 28 heavy (non-hydrogen) atoms. The number of nitrogens with one attached hydrogen (secondary N) is 1. The van der Waals surface area contributed by atoms with Crippen molar-refractivity contribution in [1.82, 2.24) is 9.88 Å². The molecular formula is C23H25N3O2. The average Bonchev–Trinajstić information content (AvgIpc) is 2.75. The first kappa shape index (κ1) is 19.5. The van der Waals surface area contributed by atoms with Crippen LogP contribution in [0.15, 0.2) is 60.9 Å². The van der Waals surface area contributed by atoms with Crippen LogP contribution in [0.1, 0.15) is 24.5 Å². The fourth-order valence-electron chi connectivity index (χ4n) is 3.22. The lowest BCUT2D eigenvalue weighted by Gasteiger charge is -2.22. The van der Waals surface area contributed by atoms with Gasteiger partial charge in [-0.1, -0.05) is 31.2 Å². The van der Waals surface area contributed by atoms with Crippen molar-refractivity contribution in [3.05, 3.63) is 72.1 Å². The van der Waals surface area contributed by atoms with Crippen molar-refractivity contribution < 1.29 is 9.53 Å². The largest absolute Gasteiger partial charge is 0.483 e. The molecule has 1 heterocycles. The minimum absolute atomic E-state index is 0.00424. The van der Waals surface area contributed by atoms with E-state index in [0.29, 0.717) is 18.8 Å². The summed E-state index contributed by atoms with van der Waals surface area (Å²) in [6.45, 7) is 3.44. The number of fused-ring (bicyclic) bond motifs is 1. The monoisotopic (exact) mass is 375 g/mol. The maximum absolute atomic E-state index is 12.7. The predicted molar refractivity (Wildman–Crippen MR) is 112 cm³/mol. The van der Waals surface area contributed by atoms with Crippen molar-refractivity contribution in [3.63, 3.8) is 0 Å². The Morgan fingerprint density at radius 1 is 1.07 bits per heavy atom. The summed E-state index contributed by atoms with van der Waals surface area (Å²) in [5, 5.41) is 9.42. The van der Waals surface area contributed by atoms with Gasteiger partial charge >= 0.3 is 0 Å². The van der Waals surface area contributed by atoms with E-state index in [-0.39, 0.29) is 12.5 Å². The fraction of sp³-hybridized carbons (Fsp3) is 0.261. The second-order valence-electron chi connectivity index (χ2n) is 6.62. The zero-order chi connectivity index (χ0) is 19.8. The highest BCUT2D eigenvalue weighted by molar-refractivity contribution is 6.01. The predicted octanol–water partition coefficient (Wildman–Crippen LogP) is 4.09. The van der Waals surface area contributed by atoms with Gasteiger partial charge in [-0.15, -0.1) is 0 Å². The summed E-state index contributed by atoms with van der Waals surface area (Å²) in [7, 11) is 0. The quantitative estimate of drug-likeness (QED) is 0.573. The van der Waals surface area contributed by atoms with Crippen LogP contribution in [-0.2, 0) is 11.2 Å². The maximum Gasteiger partial charge on any atom is 0.260 e. The van der Waals surface area contributed by atoms with Crippen LogP contribution in [0.2, 0.25) is 0 Å². The SMILES string of the molecule is CCCN(CCc1ccncc1)C(=O)COc1ccc(C=N)c2ccccc12. The Kier molecular flexibility index (Phi) is 6.73. The number of hydrogen-bond donors (Lipinski definition) is 1. The lowest BCUT2D eigenvalue weighted by Crippen LogP contribution is -2.37. The van der Waals surface area contributed by atoms with Gasteiger partial charge in [0.25, 0.3) is 5.91 Å². The van der Waals surface area contributed by atoms with Crippen molar-refractivity contribution in [2.75, 3.05) is 19.7 Å². The summed E-state index contributed by atoms with van der Waals surface area (Å²) in [5.74, 6) is 0.649. The summed E-state index contributed by atoms with van der Waals surface area (Å²) in [6, 6.07) is 15.4. The van der Waals surface area contributed by atoms with Gasteiger partial charge in [-0.3, -0.25) is 9.78 Å². The van der Waals surface area contributed by atoms with Crippen LogP contribution >= 0.6 is 0 Å². The van der Waals surface area contributed by atoms with Crippen molar-refractivity contribution >= 4 is 22.9 Å². The summed E-state index contributed by atoms with van der Waals surface area (Å²) in [4.78, 5) is 18.6. The molecule has 0 saturated heterocycles. The number of benzene rings is 2. The van der Waals surface area contributed by atoms with E-state index in [9.17, 15) is 4.79 Å². The zero-order valence-electron chi connectivity index (χ0n) is 16.1. The molecule has 144 valence electrons. The molecule has 0 unspecified atom stereocenters. The van der Waals surface area contributed by atoms with E-state index in [1.165, 1.54) is 6.21 Å². The molecule has 0 radical (unpaired) electrons. The lowest BCUT2D eigenvalue weighted by molar-refractivity contribution is -0.133. The Labute approximate surface area is 165 Å². The van der Waals surface area contributed by atoms with Gasteiger partial charge in [0.2, 0.25) is 0 Å². The molecule has 3 aromatic rings. The standard InChI is InChI=1S/C23H25N3O2/c1-2-14-26(15-11-18-9-12-25-13-10-18)23(27)17-28-22-8-7-19(16-24)20-5-3-4-6-21(20)22/h3-10,12-13,16,24H,2,11,14-15,17H2,1H3. The van der Waals surface area contributed by atoms with Crippen molar-refractivity contribution in [2.45, 2.75) is 19.8 Å². The Morgan fingerprint density at radius 3 is 2.54 bits per heavy atom. The van der Waals surface area contributed by atoms with Crippen molar-refractivity contribution in [2.24, 2.45) is 0 Å². The molecule has 1 amide bonds. The van der Waals surface area contributed by atoms with E-state index in [1.807, 2.05) is 53.4 Å². The molecule has 0 aliphatic rings. The van der Waals surface area contributed by atoms with Crippen LogP contribution in [-0.4, -0.2) is 41.7 Å². The van der Waals surface area contributed by atoms with Gasteiger partial charge in [0.15, 0.2) is 6.61 Å². The molecule has 0 aliphatic carbocycles. The highest BCUT2D eigenvalue weighted by atomic mass is 16.5. The molecule has 5 nitrogen and oxygen atoms in total. The van der Waals surface area contributed by atoms with Gasteiger partial charge in [0.05, 0.1) is 0 Å². The van der Waals surface area contributed by atoms with Crippen LogP contribution in [0, 0.1) is 5.41 Å². The first-order valence-corrected chi connectivity index (χ1v) is 9.54. The number of amides is 1. The van der Waals surface area contributed by atoms with E-state index in [4.69, 9.17) is 10.1 Å². The summed E-state index contributed by atoms with van der Waals surface area (Å²) < 4.78 is 5.88. The topological polar surface area (TPSA) is 66.3 Å². The molecule has 2 aromatic carbocycles. The van der Waals surface area contributed by atoms with Gasteiger partial charge < -0.3 is 15.0 Å². The molecule has 0 saturated carbocycles. The van der Waals surface area contributed by atoms with Crippen molar-refractivity contribution in [1.29, 1.82) is 5.41 Å². The number of pyridine rings is 1. The third kappa shape index (κ3) is 4.74. The molecule has 0 aliphatic heterocycles. The van der Waals surface area contributed by atoms with Crippen LogP contribution in [0.3, 0.4) is 0 Å². The number of carbonyl (C=O) groups is 1. The van der Waals surface area contributed by atoms with E-state index in [1.54, 1.807) is 12.4 Å². The molecule has 1 aromatic heterocycles. The summed E-state index contributed by atoms with van der Waals surface area (Å²) in [6.07, 6.45) is 6.57. The second kappa shape index (κ2) is 9.65. The number of ether oxygens (including phenoxy) is 1. The van der Waals surface area contributed by atoms with Gasteiger partial charge in [-0.2, -0.15) is 0 Å². The Hall–Kier alpha value is -3.21. The first-order valence-electron chi connectivity index (χ1n) is 9.54. The van der Waals surface area contributed by atoms with Gasteiger partial charge in [0.1, 0.15) is 5.75 Å². The van der Waals surface area contributed by atoms with Crippen LogP contribution in [0.4, 0.5) is 0 Å². The smallest absolute Gasteiger partial charge is 0.260 e. The third-order valence-electron chi connectivity index (χ3n) is 4.69. The lowest BCUT2D eigenvalue weighted by atomic mass is 10.0. The Morgan fingerprint density at radius 2 is 1.82 bits per heavy atom. The second-order valence-corrected chi connectivity index (χ2v) is 6.62. The van der Waals surface area contributed by atoms with Crippen LogP contribution < -0.4 is 4.74 Å². The molecule has 0 atom stereocenters. The minimum atomic E-state index is -0.0175. The first-order chi connectivity index (χ1) is 13.7. The number of rotatable bonds is 9. The van der Waals surface area contributed by atoms with Gasteiger partial charge in [-0.25, -0.2) is 0 Å². The molecule has 0 fully saturated rings. The molecule has 1 N–H and O–H groups in total. The molecule has 3 rings (SSSR count). The minimum Gasteiger partial charge on any atom is -0.483 e.